The third-order valence-corrected chi connectivity index (χ3v) is 13.6. The van der Waals surface area contributed by atoms with Gasteiger partial charge < -0.3 is 55.9 Å². The molecule has 8 N–H and O–H groups in total. The molecule has 0 aliphatic carbocycles. The van der Waals surface area contributed by atoms with Crippen LogP contribution in [-0.2, 0) is 57.2 Å². The standard InChI is InChI=1S/C20H37NO5S.C15H29NO3S.C10H19NO4.C9H19NO2S.C2HF3O.C2H2.3CH4.BH3O.ClH/c1-10-25-17(23)14(12-27-20(7,8)9)11-15(22)16(13(2)3)21-18(24)26-19(4,5)6;1-7-19-14(18)11(9-20-15(4,5)6)8-12(17)13(16)10(2)3;1-6(2)7(8(12)13)11-9(14)15-10(3,4)5;1-5-12-8(11)7(10)6-13-9(2,3)4;3-2(4,5)1-6;1-2;;;;1-2;/h13-14,16H,10-12H2,1-9H3,(H,21,24);10-11,13H,7-9,16H2,1-6H3;6-7H,1-5H3,(H,11,14)(H,12,13);7H,5-6,10H2,1-4H3;1H;1-2H;3*1H4;2H,1H2;1H/t14-,16-;11-,13-;2*7-;;;;;;;/m0000......./s1/i;;;;;;;;;1TD;. The second kappa shape index (κ2) is 55.7. The van der Waals surface area contributed by atoms with Gasteiger partial charge in [-0.05, 0) is 80.1 Å². The molecule has 0 aliphatic rings. The highest BCUT2D eigenvalue weighted by Crippen LogP contribution is 2.29. The van der Waals surface area contributed by atoms with Crippen molar-refractivity contribution in [3.63, 3.8) is 0 Å². The number of rotatable bonds is 24. The number of carboxylic acids is 1. The van der Waals surface area contributed by atoms with Gasteiger partial charge in [0.2, 0.25) is 6.29 Å². The molecule has 20 nitrogen and oxygen atoms in total. The Kier molecular flexibility index (Phi) is 65.0. The molecule has 0 aromatic heterocycles. The Labute approximate surface area is 558 Å². The average molecular weight is 1370 g/mol. The third kappa shape index (κ3) is 73.0. The highest BCUT2D eigenvalue weighted by Gasteiger charge is 2.33. The first kappa shape index (κ1) is 104. The molecule has 0 saturated carbocycles. The second-order valence-corrected chi connectivity index (χ2v) is 29.9. The Morgan fingerprint density at radius 3 is 1.09 bits per heavy atom. The SMILES string of the molecule is C.C.C.C#C.CC(C)[C@H](NC(=O)OC(C)(C)C)C(=O)O.CCOC(=O)[C@@H](N)CSC(C)(C)C.CCOC(=O)[C@H](CSC(C)(C)C)CC(=O)[C@@H](N)C(C)C.CCOC(=O)[C@H](CSC(C)(C)C)CC(=O)[C@@H](NC(=O)OC(C)(C)C)C(C)C.Cl.O=CC(F)(F)F.[2H]B([3H])O. The lowest BCUT2D eigenvalue weighted by Gasteiger charge is -2.26. The summed E-state index contributed by atoms with van der Waals surface area (Å²) < 4.78 is 68.2. The quantitative estimate of drug-likeness (QED) is 0.0172. The number of hydrogen-bond donors (Lipinski definition) is 6. The topological polar surface area (TPSA) is 316 Å². The smallest absolute Gasteiger partial charge is 0.446 e. The summed E-state index contributed by atoms with van der Waals surface area (Å²) in [5.74, 6) is -1.77. The summed E-state index contributed by atoms with van der Waals surface area (Å²) in [6.07, 6.45) is 1.16. The number of nitrogens with two attached hydrogens (primary N) is 2. The summed E-state index contributed by atoms with van der Waals surface area (Å²) in [5, 5.41) is 21.2. The van der Waals surface area contributed by atoms with Gasteiger partial charge in [-0.3, -0.25) is 28.8 Å². The van der Waals surface area contributed by atoms with E-state index < -0.39 is 85.8 Å². The van der Waals surface area contributed by atoms with Crippen molar-refractivity contribution in [3.05, 3.63) is 0 Å². The van der Waals surface area contributed by atoms with E-state index in [4.69, 9.17) is 52.7 Å². The van der Waals surface area contributed by atoms with Crippen molar-refractivity contribution in [1.82, 2.24) is 10.6 Å². The summed E-state index contributed by atoms with van der Waals surface area (Å²) in [5.41, 5.74) is 10.2. The minimum atomic E-state index is -4.64. The molecular weight excluding hydrogens is 1240 g/mol. The molecule has 89 heavy (non-hydrogen) atoms. The van der Waals surface area contributed by atoms with Crippen LogP contribution in [0.1, 0.15) is 201 Å². The number of nitrogens with one attached hydrogen (secondary N) is 2. The number of Topliss-reactive ketones (excluding diaryl/α,β-unsaturated/α-hetero) is 2. The fraction of sp³-hybridized carbons (Fsp3) is 0.820. The number of halogens is 4. The minimum Gasteiger partial charge on any atom is -0.480 e. The third-order valence-electron chi connectivity index (χ3n) is 9.37. The van der Waals surface area contributed by atoms with Crippen LogP contribution in [0, 0.1) is 42.4 Å². The Bertz CT molecular complexity index is 2000. The molecule has 532 valence electrons. The largest absolute Gasteiger partial charge is 0.480 e. The zero-order chi connectivity index (χ0) is 70.8. The monoisotopic (exact) mass is 1370 g/mol. The van der Waals surface area contributed by atoms with Crippen LogP contribution >= 0.6 is 47.7 Å². The Morgan fingerprint density at radius 2 is 0.854 bits per heavy atom. The van der Waals surface area contributed by atoms with Crippen LogP contribution < -0.4 is 22.1 Å². The van der Waals surface area contributed by atoms with E-state index in [1.165, 1.54) is 0 Å². The van der Waals surface area contributed by atoms with Gasteiger partial charge in [0.05, 0.1) is 43.7 Å². The summed E-state index contributed by atoms with van der Waals surface area (Å²) in [6.45, 7) is 46.4. The number of terminal acetylenes is 1. The summed E-state index contributed by atoms with van der Waals surface area (Å²) in [7, 11) is -1.67. The van der Waals surface area contributed by atoms with Gasteiger partial charge >= 0.3 is 42.2 Å². The highest BCUT2D eigenvalue weighted by atomic mass is 35.5. The number of amides is 2. The number of carboxylic acid groups (broad SMARTS) is 1. The number of alkyl halides is 3. The zero-order valence-electron chi connectivity index (χ0n) is 57.7. The lowest BCUT2D eigenvalue weighted by molar-refractivity contribution is -0.156. The van der Waals surface area contributed by atoms with Gasteiger partial charge in [-0.15, -0.1) is 25.3 Å². The van der Waals surface area contributed by atoms with E-state index in [9.17, 15) is 51.5 Å². The molecule has 28 heteroatoms. The first-order chi connectivity index (χ1) is 39.0. The number of aliphatic carboxylic acids is 1. The predicted molar refractivity (Wildman–Crippen MR) is 367 cm³/mol. The number of aldehydes is 1. The lowest BCUT2D eigenvalue weighted by Crippen LogP contribution is -2.47. The molecule has 0 rings (SSSR count). The van der Waals surface area contributed by atoms with Gasteiger partial charge in [0.15, 0.2) is 11.6 Å². The van der Waals surface area contributed by atoms with Gasteiger partial charge in [-0.2, -0.15) is 48.5 Å². The highest BCUT2D eigenvalue weighted by molar-refractivity contribution is 8.01. The van der Waals surface area contributed by atoms with Crippen LogP contribution in [0.25, 0.3) is 0 Å². The Balaban J connectivity index is -0.0000000992. The Hall–Kier alpha value is -3.94. The average Bonchev–Trinajstić information content (AvgIpc) is 3.32. The maximum Gasteiger partial charge on any atom is 0.446 e. The molecule has 6 atom stereocenters. The van der Waals surface area contributed by atoms with E-state index in [1.807, 2.05) is 27.7 Å². The van der Waals surface area contributed by atoms with Crippen LogP contribution in [-0.4, -0.2) is 168 Å². The number of alkyl carbamates (subject to hydrolysis) is 2. The first-order valence-electron chi connectivity index (χ1n) is 28.8. The molecule has 0 unspecified atom stereocenters. The van der Waals surface area contributed by atoms with Crippen LogP contribution in [0.4, 0.5) is 22.8 Å². The predicted octanol–water partition coefficient (Wildman–Crippen LogP) is 11.7. The Morgan fingerprint density at radius 1 is 0.584 bits per heavy atom. The maximum absolute atomic E-state index is 12.8. The van der Waals surface area contributed by atoms with E-state index in [-0.39, 0.29) is 116 Å². The number of esters is 3. The van der Waals surface area contributed by atoms with E-state index in [1.54, 1.807) is 111 Å². The maximum atomic E-state index is 12.8. The molecular formula is C61H123BClF3N4O16S3. The van der Waals surface area contributed by atoms with Crippen molar-refractivity contribution in [3.8, 4) is 12.8 Å². The molecule has 0 radical (unpaired) electrons. The molecule has 0 heterocycles. The van der Waals surface area contributed by atoms with Crippen molar-refractivity contribution in [2.75, 3.05) is 37.1 Å². The summed E-state index contributed by atoms with van der Waals surface area (Å²) in [4.78, 5) is 103. The molecule has 0 fully saturated rings. The van der Waals surface area contributed by atoms with Gasteiger partial charge in [-0.1, -0.05) is 126 Å². The van der Waals surface area contributed by atoms with E-state index in [0.29, 0.717) is 30.5 Å². The summed E-state index contributed by atoms with van der Waals surface area (Å²) in [6, 6.07) is -2.63. The van der Waals surface area contributed by atoms with Gasteiger partial charge in [0, 0.05) is 47.0 Å². The van der Waals surface area contributed by atoms with Crippen LogP contribution in [0.15, 0.2) is 0 Å². The van der Waals surface area contributed by atoms with E-state index in [2.05, 4.69) is 85.8 Å². The number of ketones is 2. The number of carbonyl (C=O) groups excluding carboxylic acids is 8. The van der Waals surface area contributed by atoms with Gasteiger partial charge in [0.25, 0.3) is 7.98 Å². The van der Waals surface area contributed by atoms with Crippen molar-refractivity contribution >= 4 is 110 Å². The summed E-state index contributed by atoms with van der Waals surface area (Å²) >= 11 is 4.95. The van der Waals surface area contributed by atoms with Crippen molar-refractivity contribution in [2.24, 2.45) is 41.1 Å². The zero-order valence-corrected chi connectivity index (χ0v) is 59.0. The normalized spacial score (nSPS) is 13.2. The van der Waals surface area contributed by atoms with Crippen LogP contribution in [0.3, 0.4) is 0 Å². The van der Waals surface area contributed by atoms with Crippen molar-refractivity contribution < 1.29 is 90.1 Å². The van der Waals surface area contributed by atoms with Gasteiger partial charge in [-0.25, -0.2) is 14.4 Å². The molecule has 0 aliphatic heterocycles. The molecule has 0 bridgehead atoms. The number of ether oxygens (including phenoxy) is 5. The lowest BCUT2D eigenvalue weighted by atomic mass is 9.93. The van der Waals surface area contributed by atoms with Crippen molar-refractivity contribution in [1.29, 1.82) is 2.67 Å². The molecule has 0 spiro atoms. The van der Waals surface area contributed by atoms with Crippen LogP contribution in [0.5, 0.6) is 0 Å². The van der Waals surface area contributed by atoms with E-state index >= 15 is 0 Å². The van der Waals surface area contributed by atoms with Gasteiger partial charge in [0.1, 0.15) is 23.3 Å². The number of hydrogen-bond acceptors (Lipinski definition) is 20. The molecule has 0 aromatic rings. The second-order valence-electron chi connectivity index (χ2n) is 24.4. The molecule has 0 saturated heterocycles. The minimum absolute atomic E-state index is 0. The number of carbonyl (C=O) groups is 9. The van der Waals surface area contributed by atoms with E-state index in [0.717, 1.165) is 0 Å². The first-order valence-corrected chi connectivity index (χ1v) is 30.6. The number of thioether (sulfide) groups is 3. The molecule has 2 amide bonds. The molecule has 0 aromatic carbocycles. The van der Waals surface area contributed by atoms with Crippen molar-refractivity contribution in [2.45, 2.75) is 257 Å². The van der Waals surface area contributed by atoms with Crippen LogP contribution in [0.2, 0.25) is 0 Å². The fourth-order valence-corrected chi connectivity index (χ4v) is 8.15. The fourth-order valence-electron chi connectivity index (χ4n) is 5.42.